The second-order valence-corrected chi connectivity index (χ2v) is 21.4. The Morgan fingerprint density at radius 3 is 2.04 bits per heavy atom. The summed E-state index contributed by atoms with van der Waals surface area (Å²) < 4.78 is 25.9. The van der Waals surface area contributed by atoms with E-state index in [-0.39, 0.29) is 40.9 Å². The van der Waals surface area contributed by atoms with E-state index in [1.165, 1.54) is 0 Å². The van der Waals surface area contributed by atoms with Gasteiger partial charge in [-0.3, -0.25) is 19.2 Å². The maximum absolute atomic E-state index is 14.9. The Bertz CT molecular complexity index is 1450. The Balaban J connectivity index is 1.38. The Hall–Kier alpha value is -2.70. The number of Topliss-reactive ketones (excluding diaryl/α,β-unsaturated/α-hetero) is 1. The molecule has 1 heterocycles. The summed E-state index contributed by atoms with van der Waals surface area (Å²) in [5, 5.41) is 11.8. The van der Waals surface area contributed by atoms with Gasteiger partial charge in [-0.15, -0.1) is 0 Å². The van der Waals surface area contributed by atoms with Crippen molar-refractivity contribution in [1.29, 1.82) is 0 Å². The average Bonchev–Trinajstić information content (AvgIpc) is 4.01. The number of ketones is 1. The lowest BCUT2D eigenvalue weighted by Gasteiger charge is -2.48. The molecule has 0 spiro atoms. The predicted octanol–water partition coefficient (Wildman–Crippen LogP) is 4.55. The van der Waals surface area contributed by atoms with Crippen molar-refractivity contribution >= 4 is 39.4 Å². The number of nitrogens with one attached hydrogen (secondary N) is 4. The molecule has 0 aromatic heterocycles. The van der Waals surface area contributed by atoms with Crippen molar-refractivity contribution in [3.63, 3.8) is 0 Å². The molecule has 294 valence electrons. The summed E-state index contributed by atoms with van der Waals surface area (Å²) >= 11 is 0. The second kappa shape index (κ2) is 16.0. The molecule has 52 heavy (non-hydrogen) atoms. The topological polar surface area (TPSA) is 171 Å². The lowest BCUT2D eigenvalue weighted by atomic mass is 9.71. The van der Waals surface area contributed by atoms with Gasteiger partial charge in [0.05, 0.1) is 22.1 Å². The lowest BCUT2D eigenvalue weighted by Crippen LogP contribution is -2.65. The molecule has 1 saturated heterocycles. The summed E-state index contributed by atoms with van der Waals surface area (Å²) in [6.07, 6.45) is 12.4. The summed E-state index contributed by atoms with van der Waals surface area (Å²) in [4.78, 5) is 70.9. The molecule has 4 saturated carbocycles. The highest BCUT2D eigenvalue weighted by Crippen LogP contribution is 2.40. The zero-order valence-corrected chi connectivity index (χ0v) is 33.3. The molecular formula is C39H65N5O7S. The van der Waals surface area contributed by atoms with Crippen LogP contribution in [0.2, 0.25) is 0 Å². The molecule has 0 aromatic rings. The number of rotatable bonds is 13. The van der Waals surface area contributed by atoms with Crippen molar-refractivity contribution in [2.24, 2.45) is 23.2 Å². The highest BCUT2D eigenvalue weighted by atomic mass is 32.2. The number of likely N-dealkylation sites (tertiary alicyclic amines) is 1. The van der Waals surface area contributed by atoms with Gasteiger partial charge < -0.3 is 26.2 Å². The maximum atomic E-state index is 14.9. The Morgan fingerprint density at radius 1 is 0.846 bits per heavy atom. The first kappa shape index (κ1) is 40.5. The van der Waals surface area contributed by atoms with Gasteiger partial charge >= 0.3 is 6.03 Å². The lowest BCUT2D eigenvalue weighted by molar-refractivity contribution is -0.151. The molecule has 5 aliphatic rings. The zero-order chi connectivity index (χ0) is 38.1. The second-order valence-electron chi connectivity index (χ2n) is 18.6. The third kappa shape index (κ3) is 10.1. The van der Waals surface area contributed by atoms with Crippen molar-refractivity contribution in [2.75, 3.05) is 12.3 Å². The molecule has 0 aromatic carbocycles. The highest BCUT2D eigenvalue weighted by Gasteiger charge is 2.48. The fourth-order valence-electron chi connectivity index (χ4n) is 8.35. The van der Waals surface area contributed by atoms with Crippen LogP contribution in [-0.4, -0.2) is 89.6 Å². The maximum Gasteiger partial charge on any atom is 0.315 e. The summed E-state index contributed by atoms with van der Waals surface area (Å²) in [6.45, 7) is 11.6. The van der Waals surface area contributed by atoms with Gasteiger partial charge in [-0.05, 0) is 95.3 Å². The SMILES string of the molecule is CC1CN(C(=O)[C@@H](NC(=O)NC2(CS(=O)(=O)C(C)(C)C)CCCCC2)C2CCCCC2)[C@H](C(=O)NC(CC2CC2)C(=O)C(=O)NC2CC2)CC1(C)C. The molecule has 13 heteroatoms. The van der Waals surface area contributed by atoms with Gasteiger partial charge in [0.15, 0.2) is 9.84 Å². The third-order valence-electron chi connectivity index (χ3n) is 12.8. The molecule has 4 atom stereocenters. The molecule has 1 aliphatic heterocycles. The van der Waals surface area contributed by atoms with Crippen LogP contribution in [0, 0.1) is 23.2 Å². The fourth-order valence-corrected chi connectivity index (χ4v) is 9.87. The van der Waals surface area contributed by atoms with Gasteiger partial charge in [-0.1, -0.05) is 72.1 Å². The largest absolute Gasteiger partial charge is 0.347 e. The van der Waals surface area contributed by atoms with Crippen LogP contribution in [0.25, 0.3) is 0 Å². The molecule has 2 unspecified atom stereocenters. The number of piperidine rings is 1. The van der Waals surface area contributed by atoms with Crippen molar-refractivity contribution < 1.29 is 32.4 Å². The molecule has 5 amide bonds. The van der Waals surface area contributed by atoms with E-state index in [9.17, 15) is 32.4 Å². The number of sulfone groups is 1. The molecule has 5 fully saturated rings. The molecule has 0 radical (unpaired) electrons. The van der Waals surface area contributed by atoms with Gasteiger partial charge in [0.2, 0.25) is 17.6 Å². The number of urea groups is 1. The summed E-state index contributed by atoms with van der Waals surface area (Å²) in [5.41, 5.74) is -1.23. The fraction of sp³-hybridized carbons (Fsp3) is 0.872. The van der Waals surface area contributed by atoms with E-state index in [0.717, 1.165) is 77.0 Å². The predicted molar refractivity (Wildman–Crippen MR) is 200 cm³/mol. The first-order valence-electron chi connectivity index (χ1n) is 20.1. The van der Waals surface area contributed by atoms with E-state index in [0.29, 0.717) is 32.2 Å². The van der Waals surface area contributed by atoms with E-state index in [1.54, 1.807) is 25.7 Å². The van der Waals surface area contributed by atoms with E-state index in [2.05, 4.69) is 42.0 Å². The van der Waals surface area contributed by atoms with Crippen LogP contribution >= 0.6 is 0 Å². The number of carbonyl (C=O) groups is 5. The summed E-state index contributed by atoms with van der Waals surface area (Å²) in [6, 6.07) is -3.31. The van der Waals surface area contributed by atoms with Crippen LogP contribution in [0.4, 0.5) is 4.79 Å². The molecule has 4 aliphatic carbocycles. The van der Waals surface area contributed by atoms with E-state index >= 15 is 0 Å². The van der Waals surface area contributed by atoms with Gasteiger partial charge in [0.1, 0.15) is 12.1 Å². The van der Waals surface area contributed by atoms with E-state index in [1.807, 2.05) is 0 Å². The monoisotopic (exact) mass is 747 g/mol. The van der Waals surface area contributed by atoms with Crippen LogP contribution in [0.15, 0.2) is 0 Å². The van der Waals surface area contributed by atoms with E-state index < -0.39 is 61.9 Å². The minimum atomic E-state index is -3.56. The van der Waals surface area contributed by atoms with Crippen molar-refractivity contribution in [1.82, 2.24) is 26.2 Å². The molecule has 0 bridgehead atoms. The highest BCUT2D eigenvalue weighted by molar-refractivity contribution is 7.92. The zero-order valence-electron chi connectivity index (χ0n) is 32.5. The van der Waals surface area contributed by atoms with Crippen molar-refractivity contribution in [2.45, 2.75) is 179 Å². The van der Waals surface area contributed by atoms with Crippen LogP contribution in [-0.2, 0) is 29.0 Å². The van der Waals surface area contributed by atoms with Gasteiger partial charge in [-0.2, -0.15) is 0 Å². The molecule has 4 N–H and O–H groups in total. The Labute approximate surface area is 311 Å². The third-order valence-corrected chi connectivity index (χ3v) is 15.6. The first-order valence-corrected chi connectivity index (χ1v) is 21.7. The molecule has 12 nitrogen and oxygen atoms in total. The molecular weight excluding hydrogens is 683 g/mol. The van der Waals surface area contributed by atoms with Crippen molar-refractivity contribution in [3.05, 3.63) is 0 Å². The minimum absolute atomic E-state index is 0.0137. The van der Waals surface area contributed by atoms with Crippen LogP contribution in [0.5, 0.6) is 0 Å². The normalized spacial score (nSPS) is 26.4. The average molecular weight is 748 g/mol. The summed E-state index contributed by atoms with van der Waals surface area (Å²) in [7, 11) is -3.56. The standard InChI is InChI=1S/C39H65N5O7S/c1-25-23-44(30(22-38(25,5)6)33(46)41-29(21-26-15-16-26)32(45)34(47)40-28-17-18-28)35(48)31(27-13-9-7-10-14-27)42-36(49)43-39(19-11-8-12-20-39)24-52(50,51)37(2,3)4/h25-31H,7-24H2,1-6H3,(H,40,47)(H,41,46)(H2,42,43,49)/t25?,29?,30-,31-/m0/s1. The minimum Gasteiger partial charge on any atom is -0.347 e. The Kier molecular flexibility index (Phi) is 12.4. The van der Waals surface area contributed by atoms with Gasteiger partial charge in [-0.25, -0.2) is 13.2 Å². The number of hydrogen-bond donors (Lipinski definition) is 4. The number of nitrogens with zero attached hydrogens (tertiary/aromatic N) is 1. The van der Waals surface area contributed by atoms with Gasteiger partial charge in [0.25, 0.3) is 5.91 Å². The Morgan fingerprint density at radius 2 is 1.46 bits per heavy atom. The quantitative estimate of drug-likeness (QED) is 0.200. The smallest absolute Gasteiger partial charge is 0.315 e. The number of hydrogen-bond acceptors (Lipinski definition) is 7. The van der Waals surface area contributed by atoms with Crippen LogP contribution in [0.3, 0.4) is 0 Å². The number of carbonyl (C=O) groups excluding carboxylic acids is 5. The van der Waals surface area contributed by atoms with Gasteiger partial charge in [0, 0.05) is 12.6 Å². The summed E-state index contributed by atoms with van der Waals surface area (Å²) in [5.74, 6) is -2.09. The number of amides is 5. The van der Waals surface area contributed by atoms with Crippen LogP contribution < -0.4 is 21.3 Å². The molecule has 5 rings (SSSR count). The first-order chi connectivity index (χ1) is 24.3. The van der Waals surface area contributed by atoms with Crippen molar-refractivity contribution in [3.8, 4) is 0 Å². The van der Waals surface area contributed by atoms with E-state index in [4.69, 9.17) is 0 Å². The van der Waals surface area contributed by atoms with Crippen LogP contribution in [0.1, 0.15) is 144 Å².